The first-order valence-electron chi connectivity index (χ1n) is 8.36. The van der Waals surface area contributed by atoms with Crippen molar-refractivity contribution in [2.45, 2.75) is 39.5 Å². The fourth-order valence-corrected chi connectivity index (χ4v) is 3.07. The smallest absolute Gasteiger partial charge is 0.347 e. The molecule has 5 heteroatoms. The fraction of sp³-hybridized carbons (Fsp3) is 0.350. The minimum absolute atomic E-state index is 0.239. The molecule has 0 saturated heterocycles. The molecule has 2 aromatic carbocycles. The van der Waals surface area contributed by atoms with Crippen molar-refractivity contribution < 1.29 is 14.3 Å². The summed E-state index contributed by atoms with van der Waals surface area (Å²) in [5.41, 5.74) is 1.40. The third-order valence-electron chi connectivity index (χ3n) is 3.71. The van der Waals surface area contributed by atoms with Gasteiger partial charge in [0.1, 0.15) is 17.1 Å². The SMILES string of the molecule is CCCCOc1ccc(Br)cc1C(=O)Oc1ccc(Br)cc1C(C)C. The van der Waals surface area contributed by atoms with Gasteiger partial charge >= 0.3 is 5.97 Å². The van der Waals surface area contributed by atoms with Crippen molar-refractivity contribution in [2.75, 3.05) is 6.61 Å². The molecule has 0 saturated carbocycles. The second kappa shape index (κ2) is 9.39. The zero-order valence-electron chi connectivity index (χ0n) is 14.6. The van der Waals surface area contributed by atoms with Gasteiger partial charge in [-0.2, -0.15) is 0 Å². The van der Waals surface area contributed by atoms with E-state index >= 15 is 0 Å². The third-order valence-corrected chi connectivity index (χ3v) is 4.70. The van der Waals surface area contributed by atoms with Crippen LogP contribution in [0.3, 0.4) is 0 Å². The van der Waals surface area contributed by atoms with Crippen molar-refractivity contribution in [2.24, 2.45) is 0 Å². The number of halogens is 2. The predicted octanol–water partition coefficient (Wildman–Crippen LogP) is 6.73. The number of hydrogen-bond donors (Lipinski definition) is 0. The highest BCUT2D eigenvalue weighted by molar-refractivity contribution is 9.10. The van der Waals surface area contributed by atoms with E-state index < -0.39 is 5.97 Å². The number of benzene rings is 2. The van der Waals surface area contributed by atoms with Crippen molar-refractivity contribution >= 4 is 37.8 Å². The molecule has 0 radical (unpaired) electrons. The Balaban J connectivity index is 2.28. The fourth-order valence-electron chi connectivity index (χ4n) is 2.33. The van der Waals surface area contributed by atoms with E-state index in [1.807, 2.05) is 24.3 Å². The minimum Gasteiger partial charge on any atom is -0.493 e. The van der Waals surface area contributed by atoms with Gasteiger partial charge in [0.05, 0.1) is 6.61 Å². The maximum atomic E-state index is 12.7. The molecule has 0 aromatic heterocycles. The molecule has 0 aliphatic carbocycles. The highest BCUT2D eigenvalue weighted by Crippen LogP contribution is 2.31. The van der Waals surface area contributed by atoms with Gasteiger partial charge in [-0.15, -0.1) is 0 Å². The van der Waals surface area contributed by atoms with Crippen LogP contribution in [0.5, 0.6) is 11.5 Å². The van der Waals surface area contributed by atoms with Crippen LogP contribution in [0.4, 0.5) is 0 Å². The molecule has 0 aliphatic heterocycles. The zero-order valence-corrected chi connectivity index (χ0v) is 17.8. The van der Waals surface area contributed by atoms with Gasteiger partial charge in [0.25, 0.3) is 0 Å². The van der Waals surface area contributed by atoms with E-state index in [2.05, 4.69) is 52.6 Å². The quantitative estimate of drug-likeness (QED) is 0.256. The Hall–Kier alpha value is -1.33. The van der Waals surface area contributed by atoms with E-state index in [0.717, 1.165) is 27.4 Å². The molecule has 0 bridgehead atoms. The Bertz CT molecular complexity index is 742. The molecule has 2 aromatic rings. The summed E-state index contributed by atoms with van der Waals surface area (Å²) >= 11 is 6.88. The van der Waals surface area contributed by atoms with Crippen LogP contribution in [0.15, 0.2) is 45.3 Å². The lowest BCUT2D eigenvalue weighted by Gasteiger charge is -2.15. The van der Waals surface area contributed by atoms with Crippen molar-refractivity contribution in [1.82, 2.24) is 0 Å². The van der Waals surface area contributed by atoms with Crippen molar-refractivity contribution in [3.05, 3.63) is 56.5 Å². The van der Waals surface area contributed by atoms with Gasteiger partial charge in [0, 0.05) is 8.95 Å². The Kier molecular flexibility index (Phi) is 7.51. The van der Waals surface area contributed by atoms with E-state index in [9.17, 15) is 4.79 Å². The molecule has 25 heavy (non-hydrogen) atoms. The number of hydrogen-bond acceptors (Lipinski definition) is 3. The second-order valence-electron chi connectivity index (χ2n) is 6.07. The average molecular weight is 470 g/mol. The highest BCUT2D eigenvalue weighted by atomic mass is 79.9. The van der Waals surface area contributed by atoms with Crippen LogP contribution in [0.25, 0.3) is 0 Å². The summed E-state index contributed by atoms with van der Waals surface area (Å²) in [6.07, 6.45) is 1.97. The molecule has 0 spiro atoms. The number of esters is 1. The Morgan fingerprint density at radius 1 is 1.04 bits per heavy atom. The number of ether oxygens (including phenoxy) is 2. The van der Waals surface area contributed by atoms with Gasteiger partial charge in [-0.3, -0.25) is 0 Å². The molecule has 0 aliphatic rings. The molecule has 0 fully saturated rings. The molecule has 0 atom stereocenters. The van der Waals surface area contributed by atoms with Crippen LogP contribution >= 0.6 is 31.9 Å². The summed E-state index contributed by atoms with van der Waals surface area (Å²) in [7, 11) is 0. The molecular formula is C20H22Br2O3. The first-order valence-corrected chi connectivity index (χ1v) is 9.95. The molecule has 2 rings (SSSR count). The van der Waals surface area contributed by atoms with E-state index in [1.165, 1.54) is 0 Å². The van der Waals surface area contributed by atoms with Crippen molar-refractivity contribution in [3.8, 4) is 11.5 Å². The standard InChI is InChI=1S/C20H22Br2O3/c1-4-5-10-24-18-8-6-15(22)12-17(18)20(23)25-19-9-7-14(21)11-16(19)13(2)3/h6-9,11-13H,4-5,10H2,1-3H3. The van der Waals surface area contributed by atoms with Gasteiger partial charge in [-0.05, 0) is 54.3 Å². The number of carbonyl (C=O) groups is 1. The van der Waals surface area contributed by atoms with E-state index in [4.69, 9.17) is 9.47 Å². The maximum Gasteiger partial charge on any atom is 0.347 e. The molecular weight excluding hydrogens is 448 g/mol. The normalized spacial score (nSPS) is 10.8. The first kappa shape index (κ1) is 20.0. The second-order valence-corrected chi connectivity index (χ2v) is 7.90. The third kappa shape index (κ3) is 5.58. The van der Waals surface area contributed by atoms with Crippen LogP contribution in [0.1, 0.15) is 55.5 Å². The number of unbranched alkanes of at least 4 members (excludes halogenated alkanes) is 1. The highest BCUT2D eigenvalue weighted by Gasteiger charge is 2.18. The average Bonchev–Trinajstić information content (AvgIpc) is 2.57. The summed E-state index contributed by atoms with van der Waals surface area (Å²) < 4.78 is 13.2. The van der Waals surface area contributed by atoms with E-state index in [1.54, 1.807) is 12.1 Å². The Labute approximate surface area is 166 Å². The summed E-state index contributed by atoms with van der Waals surface area (Å²) in [5.74, 6) is 0.938. The van der Waals surface area contributed by atoms with E-state index in [0.29, 0.717) is 23.7 Å². The number of rotatable bonds is 7. The largest absolute Gasteiger partial charge is 0.493 e. The number of carbonyl (C=O) groups excluding carboxylic acids is 1. The lowest BCUT2D eigenvalue weighted by atomic mass is 10.0. The summed E-state index contributed by atoms with van der Waals surface area (Å²) in [6.45, 7) is 6.81. The van der Waals surface area contributed by atoms with Gasteiger partial charge in [-0.1, -0.05) is 59.1 Å². The Morgan fingerprint density at radius 3 is 2.32 bits per heavy atom. The molecule has 0 amide bonds. The predicted molar refractivity (Wildman–Crippen MR) is 108 cm³/mol. The van der Waals surface area contributed by atoms with Gasteiger partial charge in [0.2, 0.25) is 0 Å². The van der Waals surface area contributed by atoms with Crippen LogP contribution in [-0.2, 0) is 0 Å². The molecule has 0 heterocycles. The molecule has 0 N–H and O–H groups in total. The molecule has 134 valence electrons. The molecule has 3 nitrogen and oxygen atoms in total. The Morgan fingerprint density at radius 2 is 1.68 bits per heavy atom. The maximum absolute atomic E-state index is 12.7. The van der Waals surface area contributed by atoms with Crippen molar-refractivity contribution in [3.63, 3.8) is 0 Å². The topological polar surface area (TPSA) is 35.5 Å². The summed E-state index contributed by atoms with van der Waals surface area (Å²) in [5, 5.41) is 0. The minimum atomic E-state index is -0.419. The van der Waals surface area contributed by atoms with E-state index in [-0.39, 0.29) is 5.92 Å². The lowest BCUT2D eigenvalue weighted by molar-refractivity contribution is 0.0728. The van der Waals surface area contributed by atoms with Crippen molar-refractivity contribution in [1.29, 1.82) is 0 Å². The van der Waals surface area contributed by atoms with Crippen LogP contribution in [-0.4, -0.2) is 12.6 Å². The zero-order chi connectivity index (χ0) is 18.4. The monoisotopic (exact) mass is 468 g/mol. The first-order chi connectivity index (χ1) is 11.9. The van der Waals surface area contributed by atoms with Crippen LogP contribution in [0.2, 0.25) is 0 Å². The van der Waals surface area contributed by atoms with Gasteiger partial charge in [-0.25, -0.2) is 4.79 Å². The van der Waals surface area contributed by atoms with Gasteiger partial charge < -0.3 is 9.47 Å². The molecule has 0 unspecified atom stereocenters. The summed E-state index contributed by atoms with van der Waals surface area (Å²) in [4.78, 5) is 12.7. The lowest BCUT2D eigenvalue weighted by Crippen LogP contribution is -2.13. The summed E-state index contributed by atoms with van der Waals surface area (Å²) in [6, 6.07) is 11.0. The van der Waals surface area contributed by atoms with Crippen LogP contribution in [0, 0.1) is 0 Å². The van der Waals surface area contributed by atoms with Gasteiger partial charge in [0.15, 0.2) is 0 Å². The van der Waals surface area contributed by atoms with Crippen LogP contribution < -0.4 is 9.47 Å².